The summed E-state index contributed by atoms with van der Waals surface area (Å²) in [6.45, 7) is 6.50. The molecule has 0 fully saturated rings. The van der Waals surface area contributed by atoms with Gasteiger partial charge in [-0.1, -0.05) is 35.4 Å². The summed E-state index contributed by atoms with van der Waals surface area (Å²) >= 11 is 6.39. The molecule has 0 unspecified atom stereocenters. The van der Waals surface area contributed by atoms with Crippen LogP contribution in [-0.4, -0.2) is 23.9 Å². The molecule has 0 aliphatic heterocycles. The number of rotatable bonds is 5. The smallest absolute Gasteiger partial charge is 0.281 e. The van der Waals surface area contributed by atoms with Gasteiger partial charge in [-0.3, -0.25) is 9.78 Å². The Labute approximate surface area is 191 Å². The van der Waals surface area contributed by atoms with Gasteiger partial charge in [-0.15, -0.1) is 0 Å². The minimum atomic E-state index is -4.05. The summed E-state index contributed by atoms with van der Waals surface area (Å²) in [5.74, 6) is -0.725. The van der Waals surface area contributed by atoms with Crippen molar-refractivity contribution in [2.45, 2.75) is 32.2 Å². The molecule has 4 aromatic rings. The number of hydrogen-bond acceptors (Lipinski definition) is 4. The quantitative estimate of drug-likeness (QED) is 0.458. The Balaban J connectivity index is 1.82. The summed E-state index contributed by atoms with van der Waals surface area (Å²) < 4.78 is 29.4. The fraction of sp³-hybridized carbons (Fsp3) is 0.167. The number of pyridine rings is 1. The van der Waals surface area contributed by atoms with Gasteiger partial charge >= 0.3 is 0 Å². The second-order valence-corrected chi connectivity index (χ2v) is 9.87. The molecule has 0 bridgehead atoms. The molecule has 2 aromatic heterocycles. The lowest BCUT2D eigenvalue weighted by molar-refractivity contribution is 0.0973. The van der Waals surface area contributed by atoms with E-state index in [2.05, 4.69) is 21.8 Å². The molecule has 0 saturated heterocycles. The highest BCUT2D eigenvalue weighted by Crippen LogP contribution is 2.29. The molecule has 0 spiro atoms. The van der Waals surface area contributed by atoms with Crippen LogP contribution in [0.2, 0.25) is 5.02 Å². The first-order valence-corrected chi connectivity index (χ1v) is 11.8. The zero-order valence-corrected chi connectivity index (χ0v) is 19.5. The lowest BCUT2D eigenvalue weighted by Gasteiger charge is -2.16. The average molecular weight is 468 g/mol. The minimum absolute atomic E-state index is 0.0354. The Hall–Kier alpha value is -3.16. The lowest BCUT2D eigenvalue weighted by Crippen LogP contribution is -2.32. The molecule has 1 amide bonds. The second kappa shape index (κ2) is 8.41. The second-order valence-electron chi connectivity index (χ2n) is 7.78. The van der Waals surface area contributed by atoms with E-state index in [-0.39, 0.29) is 10.6 Å². The maximum absolute atomic E-state index is 13.2. The van der Waals surface area contributed by atoms with E-state index < -0.39 is 15.9 Å². The van der Waals surface area contributed by atoms with E-state index >= 15 is 0 Å². The molecule has 2 aromatic carbocycles. The van der Waals surface area contributed by atoms with Crippen LogP contribution in [0.3, 0.4) is 0 Å². The number of amides is 1. The molecule has 2 heterocycles. The molecule has 6 nitrogen and oxygen atoms in total. The Morgan fingerprint density at radius 2 is 1.69 bits per heavy atom. The number of aromatic nitrogens is 2. The van der Waals surface area contributed by atoms with Gasteiger partial charge in [0.2, 0.25) is 0 Å². The van der Waals surface area contributed by atoms with E-state index in [0.717, 1.165) is 27.8 Å². The Bertz CT molecular complexity index is 1420. The van der Waals surface area contributed by atoms with Gasteiger partial charge in [0, 0.05) is 29.3 Å². The number of aryl methyl sites for hydroxylation is 3. The van der Waals surface area contributed by atoms with Crippen LogP contribution in [0.15, 0.2) is 65.8 Å². The minimum Gasteiger partial charge on any atom is -0.332 e. The van der Waals surface area contributed by atoms with Crippen LogP contribution >= 0.6 is 11.6 Å². The van der Waals surface area contributed by atoms with E-state index in [0.29, 0.717) is 17.0 Å². The van der Waals surface area contributed by atoms with Gasteiger partial charge < -0.3 is 4.57 Å². The topological polar surface area (TPSA) is 81.1 Å². The predicted octanol–water partition coefficient (Wildman–Crippen LogP) is 4.78. The van der Waals surface area contributed by atoms with Crippen molar-refractivity contribution < 1.29 is 13.2 Å². The Kier molecular flexibility index (Phi) is 5.79. The number of nitrogens with one attached hydrogen (secondary N) is 1. The Morgan fingerprint density at radius 1 is 1.03 bits per heavy atom. The van der Waals surface area contributed by atoms with Crippen molar-refractivity contribution in [1.29, 1.82) is 0 Å². The van der Waals surface area contributed by atoms with Gasteiger partial charge in [0.25, 0.3) is 15.9 Å². The van der Waals surface area contributed by atoms with Crippen LogP contribution in [0.1, 0.15) is 32.7 Å². The number of carbonyl (C=O) groups excluding carboxylic acids is 1. The number of halogens is 1. The van der Waals surface area contributed by atoms with Gasteiger partial charge in [-0.25, -0.2) is 13.1 Å². The largest absolute Gasteiger partial charge is 0.332 e. The summed E-state index contributed by atoms with van der Waals surface area (Å²) in [4.78, 5) is 17.0. The highest BCUT2D eigenvalue weighted by atomic mass is 35.5. The highest BCUT2D eigenvalue weighted by Gasteiger charge is 2.23. The molecule has 8 heteroatoms. The summed E-state index contributed by atoms with van der Waals surface area (Å²) in [6, 6.07) is 13.9. The molecule has 32 heavy (non-hydrogen) atoms. The first-order valence-electron chi connectivity index (χ1n) is 9.99. The summed E-state index contributed by atoms with van der Waals surface area (Å²) in [6.07, 6.45) is 2.72. The van der Waals surface area contributed by atoms with Crippen molar-refractivity contribution in [3.8, 4) is 0 Å². The normalized spacial score (nSPS) is 11.6. The van der Waals surface area contributed by atoms with Crippen molar-refractivity contribution in [1.82, 2.24) is 14.3 Å². The molecule has 0 aliphatic rings. The number of fused-ring (bicyclic) bond motifs is 1. The third-order valence-corrected chi connectivity index (χ3v) is 7.15. The molecule has 0 radical (unpaired) electrons. The summed E-state index contributed by atoms with van der Waals surface area (Å²) in [5.41, 5.74) is 5.39. The van der Waals surface area contributed by atoms with Crippen LogP contribution in [0.4, 0.5) is 0 Å². The van der Waals surface area contributed by atoms with Crippen LogP contribution in [0, 0.1) is 20.8 Å². The van der Waals surface area contributed by atoms with Crippen molar-refractivity contribution in [3.63, 3.8) is 0 Å². The maximum Gasteiger partial charge on any atom is 0.281 e. The predicted molar refractivity (Wildman–Crippen MR) is 126 cm³/mol. The SMILES string of the molecule is Cc1cc(C)c(Cn2c(C(=O)NS(=O)(=O)c3ccncc3)cc3c(Cl)cccc32)c(C)c1. The van der Waals surface area contributed by atoms with Crippen molar-refractivity contribution in [2.24, 2.45) is 0 Å². The van der Waals surface area contributed by atoms with Crippen molar-refractivity contribution >= 4 is 38.4 Å². The van der Waals surface area contributed by atoms with Crippen molar-refractivity contribution in [3.05, 3.63) is 93.9 Å². The fourth-order valence-corrected chi connectivity index (χ4v) is 5.15. The van der Waals surface area contributed by atoms with Gasteiger partial charge in [0.15, 0.2) is 0 Å². The highest BCUT2D eigenvalue weighted by molar-refractivity contribution is 7.90. The molecule has 1 N–H and O–H groups in total. The van der Waals surface area contributed by atoms with Gasteiger partial charge in [-0.2, -0.15) is 0 Å². The zero-order chi connectivity index (χ0) is 23.0. The van der Waals surface area contributed by atoms with E-state index in [1.54, 1.807) is 12.1 Å². The summed E-state index contributed by atoms with van der Waals surface area (Å²) in [7, 11) is -4.05. The van der Waals surface area contributed by atoms with Gasteiger partial charge in [-0.05, 0) is 67.8 Å². The summed E-state index contributed by atoms with van der Waals surface area (Å²) in [5, 5.41) is 1.17. The van der Waals surface area contributed by atoms with Crippen molar-refractivity contribution in [2.75, 3.05) is 0 Å². The Morgan fingerprint density at radius 3 is 2.34 bits per heavy atom. The molecule has 0 saturated carbocycles. The zero-order valence-electron chi connectivity index (χ0n) is 17.9. The third kappa shape index (κ3) is 4.13. The number of hydrogen-bond donors (Lipinski definition) is 1. The fourth-order valence-electron chi connectivity index (χ4n) is 3.97. The first kappa shape index (κ1) is 22.0. The third-order valence-electron chi connectivity index (χ3n) is 5.47. The van der Waals surface area contributed by atoms with E-state index in [1.165, 1.54) is 24.5 Å². The lowest BCUT2D eigenvalue weighted by atomic mass is 9.99. The standard InChI is InChI=1S/C24H22ClN3O3S/c1-15-11-16(2)20(17(3)12-15)14-28-22-6-4-5-21(25)19(22)13-23(28)24(29)27-32(30,31)18-7-9-26-10-8-18/h4-13H,14H2,1-3H3,(H,27,29). The first-order chi connectivity index (χ1) is 15.2. The van der Waals surface area contributed by atoms with E-state index in [9.17, 15) is 13.2 Å². The van der Waals surface area contributed by atoms with Crippen LogP contribution in [-0.2, 0) is 16.6 Å². The van der Waals surface area contributed by atoms with E-state index in [1.807, 2.05) is 37.5 Å². The monoisotopic (exact) mass is 467 g/mol. The number of benzene rings is 2. The van der Waals surface area contributed by atoms with E-state index in [4.69, 9.17) is 11.6 Å². The number of carbonyl (C=O) groups is 1. The number of sulfonamides is 1. The van der Waals surface area contributed by atoms with Crippen LogP contribution in [0.25, 0.3) is 10.9 Å². The maximum atomic E-state index is 13.2. The molecular weight excluding hydrogens is 446 g/mol. The van der Waals surface area contributed by atoms with Gasteiger partial charge in [0.1, 0.15) is 5.69 Å². The van der Waals surface area contributed by atoms with Crippen LogP contribution < -0.4 is 4.72 Å². The average Bonchev–Trinajstić information content (AvgIpc) is 3.11. The molecule has 164 valence electrons. The number of nitrogens with zero attached hydrogens (tertiary/aromatic N) is 2. The molecule has 0 atom stereocenters. The molecular formula is C24H22ClN3O3S. The van der Waals surface area contributed by atoms with Crippen LogP contribution in [0.5, 0.6) is 0 Å². The molecule has 4 rings (SSSR count). The molecule has 0 aliphatic carbocycles. The van der Waals surface area contributed by atoms with Gasteiger partial charge in [0.05, 0.1) is 10.4 Å².